The smallest absolute Gasteiger partial charge is 0.137 e. The third-order valence-electron chi connectivity index (χ3n) is 5.41. The minimum atomic E-state index is 0.515. The largest absolute Gasteiger partial charge is 0.490 e. The maximum absolute atomic E-state index is 5.94. The fraction of sp³-hybridized carbons (Fsp3) is 0.737. The van der Waals surface area contributed by atoms with E-state index in [0.29, 0.717) is 6.04 Å². The van der Waals surface area contributed by atoms with Crippen molar-refractivity contribution in [1.82, 2.24) is 10.3 Å². The zero-order chi connectivity index (χ0) is 15.9. The molecule has 23 heavy (non-hydrogen) atoms. The molecule has 1 saturated heterocycles. The lowest BCUT2D eigenvalue weighted by Crippen LogP contribution is -2.28. The van der Waals surface area contributed by atoms with Gasteiger partial charge in [0.05, 0.1) is 6.20 Å². The highest BCUT2D eigenvalue weighted by Gasteiger charge is 2.21. The highest BCUT2D eigenvalue weighted by atomic mass is 32.1. The first-order valence-corrected chi connectivity index (χ1v) is 9.87. The van der Waals surface area contributed by atoms with Crippen molar-refractivity contribution >= 4 is 12.6 Å². The summed E-state index contributed by atoms with van der Waals surface area (Å²) < 4.78 is 5.94. The van der Waals surface area contributed by atoms with E-state index in [-0.39, 0.29) is 0 Å². The first-order valence-electron chi connectivity index (χ1n) is 9.24. The Hall–Kier alpha value is -0.740. The van der Waals surface area contributed by atoms with Crippen molar-refractivity contribution < 1.29 is 4.74 Å². The van der Waals surface area contributed by atoms with Crippen LogP contribution in [0.15, 0.2) is 18.5 Å². The van der Waals surface area contributed by atoms with Gasteiger partial charge in [0, 0.05) is 12.2 Å². The molecule has 1 saturated carbocycles. The topological polar surface area (TPSA) is 34.1 Å². The van der Waals surface area contributed by atoms with Gasteiger partial charge in [-0.05, 0) is 74.3 Å². The summed E-state index contributed by atoms with van der Waals surface area (Å²) in [6, 6.07) is 2.71. The standard InChI is InChI=1S/C19H30N2OS/c23-9-7-15-3-5-16(6-4-15)10-17-11-19(13-20-12-17)22-14-18-2-1-8-21-18/h11-13,15-16,18,21,23H,1-10,14H2/t15?,16?,18-/m0/s1. The van der Waals surface area contributed by atoms with Gasteiger partial charge in [0.15, 0.2) is 0 Å². The molecule has 1 aliphatic carbocycles. The number of thiol groups is 1. The summed E-state index contributed by atoms with van der Waals surface area (Å²) in [5.41, 5.74) is 1.33. The van der Waals surface area contributed by atoms with E-state index in [1.807, 2.05) is 12.4 Å². The van der Waals surface area contributed by atoms with Crippen LogP contribution in [0.5, 0.6) is 5.75 Å². The predicted octanol–water partition coefficient (Wildman–Crippen LogP) is 3.88. The molecule has 2 heterocycles. The fourth-order valence-corrected chi connectivity index (χ4v) is 4.36. The van der Waals surface area contributed by atoms with E-state index in [9.17, 15) is 0 Å². The van der Waals surface area contributed by atoms with Crippen LogP contribution in [0.1, 0.15) is 50.5 Å². The van der Waals surface area contributed by atoms with Gasteiger partial charge in [0.1, 0.15) is 12.4 Å². The van der Waals surface area contributed by atoms with E-state index < -0.39 is 0 Å². The first kappa shape index (κ1) is 17.1. The average molecular weight is 335 g/mol. The highest BCUT2D eigenvalue weighted by Crippen LogP contribution is 2.33. The van der Waals surface area contributed by atoms with Crippen LogP contribution in [0, 0.1) is 11.8 Å². The molecule has 0 radical (unpaired) electrons. The van der Waals surface area contributed by atoms with E-state index in [1.165, 1.54) is 50.5 Å². The van der Waals surface area contributed by atoms with Crippen molar-refractivity contribution in [2.24, 2.45) is 11.8 Å². The molecular weight excluding hydrogens is 304 g/mol. The van der Waals surface area contributed by atoms with Gasteiger partial charge in [0.25, 0.3) is 0 Å². The predicted molar refractivity (Wildman–Crippen MR) is 98.4 cm³/mol. The fourth-order valence-electron chi connectivity index (χ4n) is 3.99. The van der Waals surface area contributed by atoms with Crippen LogP contribution >= 0.6 is 12.6 Å². The van der Waals surface area contributed by atoms with Crippen LogP contribution in [0.2, 0.25) is 0 Å². The van der Waals surface area contributed by atoms with Crippen molar-refractivity contribution in [2.75, 3.05) is 18.9 Å². The van der Waals surface area contributed by atoms with E-state index in [1.54, 1.807) is 0 Å². The van der Waals surface area contributed by atoms with E-state index in [0.717, 1.165) is 42.9 Å². The molecule has 1 N–H and O–H groups in total. The zero-order valence-corrected chi connectivity index (χ0v) is 14.9. The molecule has 1 atom stereocenters. The third-order valence-corrected chi connectivity index (χ3v) is 5.67. The van der Waals surface area contributed by atoms with Gasteiger partial charge >= 0.3 is 0 Å². The Morgan fingerprint density at radius 3 is 2.70 bits per heavy atom. The number of rotatable bonds is 7. The van der Waals surface area contributed by atoms with Gasteiger partial charge in [-0.1, -0.05) is 12.8 Å². The number of nitrogens with one attached hydrogen (secondary N) is 1. The minimum absolute atomic E-state index is 0.515. The van der Waals surface area contributed by atoms with Crippen LogP contribution in [0.25, 0.3) is 0 Å². The summed E-state index contributed by atoms with van der Waals surface area (Å²) in [4.78, 5) is 4.38. The molecule has 1 aromatic rings. The molecule has 128 valence electrons. The maximum Gasteiger partial charge on any atom is 0.137 e. The van der Waals surface area contributed by atoms with Gasteiger partial charge in [-0.15, -0.1) is 0 Å². The zero-order valence-electron chi connectivity index (χ0n) is 14.0. The molecule has 0 unspecified atom stereocenters. The normalized spacial score (nSPS) is 28.0. The molecule has 4 heteroatoms. The van der Waals surface area contributed by atoms with Gasteiger partial charge in [-0.25, -0.2) is 0 Å². The molecule has 2 fully saturated rings. The number of aromatic nitrogens is 1. The van der Waals surface area contributed by atoms with Gasteiger partial charge < -0.3 is 10.1 Å². The van der Waals surface area contributed by atoms with Gasteiger partial charge in [-0.3, -0.25) is 4.98 Å². The Morgan fingerprint density at radius 1 is 1.13 bits per heavy atom. The van der Waals surface area contributed by atoms with Crippen molar-refractivity contribution in [3.05, 3.63) is 24.0 Å². The number of hydrogen-bond donors (Lipinski definition) is 2. The molecule has 0 spiro atoms. The van der Waals surface area contributed by atoms with Crippen LogP contribution in [0.3, 0.4) is 0 Å². The monoisotopic (exact) mass is 334 g/mol. The minimum Gasteiger partial charge on any atom is -0.490 e. The Morgan fingerprint density at radius 2 is 1.96 bits per heavy atom. The summed E-state index contributed by atoms with van der Waals surface area (Å²) in [7, 11) is 0. The number of ether oxygens (including phenoxy) is 1. The van der Waals surface area contributed by atoms with Crippen molar-refractivity contribution in [3.63, 3.8) is 0 Å². The molecule has 2 aliphatic rings. The van der Waals surface area contributed by atoms with E-state index in [4.69, 9.17) is 4.74 Å². The lowest BCUT2D eigenvalue weighted by molar-refractivity contribution is 0.267. The number of hydrogen-bond acceptors (Lipinski definition) is 4. The molecule has 0 bridgehead atoms. The Labute approximate surface area is 146 Å². The van der Waals surface area contributed by atoms with Crippen molar-refractivity contribution in [2.45, 2.75) is 57.4 Å². The van der Waals surface area contributed by atoms with Crippen LogP contribution in [-0.2, 0) is 6.42 Å². The summed E-state index contributed by atoms with van der Waals surface area (Å²) in [5, 5.41) is 3.47. The summed E-state index contributed by atoms with van der Waals surface area (Å²) >= 11 is 4.37. The molecule has 3 rings (SSSR count). The SMILES string of the molecule is SCCC1CCC(Cc2cncc(OC[C@@H]3CCCN3)c2)CC1. The highest BCUT2D eigenvalue weighted by molar-refractivity contribution is 7.80. The van der Waals surface area contributed by atoms with Crippen molar-refractivity contribution in [1.29, 1.82) is 0 Å². The quantitative estimate of drug-likeness (QED) is 0.743. The lowest BCUT2D eigenvalue weighted by atomic mass is 9.78. The second-order valence-corrected chi connectivity index (χ2v) is 7.68. The summed E-state index contributed by atoms with van der Waals surface area (Å²) in [6.45, 7) is 1.89. The lowest BCUT2D eigenvalue weighted by Gasteiger charge is -2.28. The van der Waals surface area contributed by atoms with Gasteiger partial charge in [-0.2, -0.15) is 12.6 Å². The second-order valence-electron chi connectivity index (χ2n) is 7.24. The molecular formula is C19H30N2OS. The molecule has 3 nitrogen and oxygen atoms in total. The Bertz CT molecular complexity index is 468. The summed E-state index contributed by atoms with van der Waals surface area (Å²) in [5.74, 6) is 3.70. The van der Waals surface area contributed by atoms with Crippen LogP contribution in [-0.4, -0.2) is 29.9 Å². The molecule has 1 aliphatic heterocycles. The van der Waals surface area contributed by atoms with Crippen LogP contribution in [0.4, 0.5) is 0 Å². The Balaban J connectivity index is 1.45. The average Bonchev–Trinajstić information content (AvgIpc) is 3.09. The van der Waals surface area contributed by atoms with Crippen molar-refractivity contribution in [3.8, 4) is 5.75 Å². The number of nitrogens with zero attached hydrogens (tertiary/aromatic N) is 1. The second kappa shape index (κ2) is 8.93. The maximum atomic E-state index is 5.94. The van der Waals surface area contributed by atoms with Crippen LogP contribution < -0.4 is 10.1 Å². The number of pyridine rings is 1. The Kier molecular flexibility index (Phi) is 6.64. The summed E-state index contributed by atoms with van der Waals surface area (Å²) in [6.07, 6.45) is 14.3. The molecule has 0 amide bonds. The first-order chi connectivity index (χ1) is 11.3. The van der Waals surface area contributed by atoms with E-state index >= 15 is 0 Å². The molecule has 1 aromatic heterocycles. The van der Waals surface area contributed by atoms with Gasteiger partial charge in [0.2, 0.25) is 0 Å². The molecule has 0 aromatic carbocycles. The third kappa shape index (κ3) is 5.39. The van der Waals surface area contributed by atoms with E-state index in [2.05, 4.69) is 29.0 Å².